The van der Waals surface area contributed by atoms with Crippen molar-refractivity contribution in [2.75, 3.05) is 23.3 Å². The van der Waals surface area contributed by atoms with Gasteiger partial charge in [0.25, 0.3) is 5.91 Å². The standard InChI is InChI=1S/C14H17N5OS/c1-2-11-17-18-14(21-11)16-13(20)10-6-5-7-15-12(10)19-8-3-4-9-19/h5-7H,2-4,8-9H2,1H3,(H,16,18,20). The van der Waals surface area contributed by atoms with Crippen LogP contribution < -0.4 is 10.2 Å². The molecule has 21 heavy (non-hydrogen) atoms. The second kappa shape index (κ2) is 6.17. The van der Waals surface area contributed by atoms with Crippen LogP contribution in [-0.2, 0) is 6.42 Å². The number of hydrogen-bond donors (Lipinski definition) is 1. The molecular formula is C14H17N5OS. The quantitative estimate of drug-likeness (QED) is 0.938. The smallest absolute Gasteiger partial charge is 0.261 e. The van der Waals surface area contributed by atoms with E-state index in [2.05, 4.69) is 25.4 Å². The van der Waals surface area contributed by atoms with Crippen molar-refractivity contribution in [1.82, 2.24) is 15.2 Å². The van der Waals surface area contributed by atoms with E-state index in [1.54, 1.807) is 18.3 Å². The molecule has 7 heteroatoms. The summed E-state index contributed by atoms with van der Waals surface area (Å²) in [4.78, 5) is 19.0. The lowest BCUT2D eigenvalue weighted by molar-refractivity contribution is 0.102. The van der Waals surface area contributed by atoms with Gasteiger partial charge >= 0.3 is 0 Å². The average molecular weight is 303 g/mol. The molecule has 0 atom stereocenters. The predicted molar refractivity (Wildman–Crippen MR) is 82.9 cm³/mol. The van der Waals surface area contributed by atoms with E-state index < -0.39 is 0 Å². The number of nitrogens with zero attached hydrogens (tertiary/aromatic N) is 4. The maximum Gasteiger partial charge on any atom is 0.261 e. The number of amides is 1. The first-order valence-corrected chi connectivity index (χ1v) is 7.93. The van der Waals surface area contributed by atoms with E-state index in [9.17, 15) is 4.79 Å². The molecule has 110 valence electrons. The topological polar surface area (TPSA) is 71.0 Å². The van der Waals surface area contributed by atoms with Crippen molar-refractivity contribution in [3.63, 3.8) is 0 Å². The van der Waals surface area contributed by atoms with Gasteiger partial charge in [0.15, 0.2) is 0 Å². The number of carbonyl (C=O) groups is 1. The van der Waals surface area contributed by atoms with Crippen molar-refractivity contribution < 1.29 is 4.79 Å². The fourth-order valence-electron chi connectivity index (χ4n) is 2.37. The van der Waals surface area contributed by atoms with Crippen LogP contribution in [0.15, 0.2) is 18.3 Å². The molecule has 1 aliphatic heterocycles. The van der Waals surface area contributed by atoms with Crippen LogP contribution in [0.2, 0.25) is 0 Å². The van der Waals surface area contributed by atoms with Crippen molar-refractivity contribution in [3.05, 3.63) is 28.9 Å². The molecule has 0 aliphatic carbocycles. The largest absolute Gasteiger partial charge is 0.356 e. The van der Waals surface area contributed by atoms with Crippen molar-refractivity contribution >= 4 is 28.2 Å². The molecule has 1 N–H and O–H groups in total. The Labute approximate surface area is 127 Å². The van der Waals surface area contributed by atoms with Gasteiger partial charge in [0.1, 0.15) is 10.8 Å². The first-order valence-electron chi connectivity index (χ1n) is 7.11. The molecule has 1 saturated heterocycles. The summed E-state index contributed by atoms with van der Waals surface area (Å²) in [6.07, 6.45) is 4.84. The Kier molecular flexibility index (Phi) is 4.10. The van der Waals surface area contributed by atoms with Crippen LogP contribution in [0.4, 0.5) is 10.9 Å². The van der Waals surface area contributed by atoms with Crippen molar-refractivity contribution in [3.8, 4) is 0 Å². The fraction of sp³-hybridized carbons (Fsp3) is 0.429. The Morgan fingerprint density at radius 3 is 2.90 bits per heavy atom. The van der Waals surface area contributed by atoms with Gasteiger partial charge in [-0.3, -0.25) is 10.1 Å². The summed E-state index contributed by atoms with van der Waals surface area (Å²) in [5, 5.41) is 12.3. The van der Waals surface area contributed by atoms with Crippen molar-refractivity contribution in [2.45, 2.75) is 26.2 Å². The van der Waals surface area contributed by atoms with Crippen LogP contribution in [0.1, 0.15) is 35.1 Å². The molecule has 3 rings (SSSR count). The minimum absolute atomic E-state index is 0.177. The highest BCUT2D eigenvalue weighted by Crippen LogP contribution is 2.23. The van der Waals surface area contributed by atoms with Gasteiger partial charge in [-0.25, -0.2) is 4.98 Å². The molecule has 3 heterocycles. The SMILES string of the molecule is CCc1nnc(NC(=O)c2cccnc2N2CCCC2)s1. The van der Waals surface area contributed by atoms with E-state index >= 15 is 0 Å². The summed E-state index contributed by atoms with van der Waals surface area (Å²) in [7, 11) is 0. The summed E-state index contributed by atoms with van der Waals surface area (Å²) in [6.45, 7) is 3.92. The second-order valence-electron chi connectivity index (χ2n) is 4.88. The average Bonchev–Trinajstić information content (AvgIpc) is 3.18. The summed E-state index contributed by atoms with van der Waals surface area (Å²) in [5.74, 6) is 0.580. The van der Waals surface area contributed by atoms with Gasteiger partial charge in [-0.15, -0.1) is 10.2 Å². The summed E-state index contributed by atoms with van der Waals surface area (Å²) < 4.78 is 0. The number of rotatable bonds is 4. The number of aryl methyl sites for hydroxylation is 1. The van der Waals surface area contributed by atoms with Gasteiger partial charge in [-0.05, 0) is 31.4 Å². The van der Waals surface area contributed by atoms with E-state index in [0.29, 0.717) is 10.7 Å². The Morgan fingerprint density at radius 1 is 1.38 bits per heavy atom. The lowest BCUT2D eigenvalue weighted by Crippen LogP contribution is -2.24. The third-order valence-electron chi connectivity index (χ3n) is 3.43. The fourth-order valence-corrected chi connectivity index (χ4v) is 3.04. The Hall–Kier alpha value is -2.02. The van der Waals surface area contributed by atoms with E-state index in [-0.39, 0.29) is 5.91 Å². The monoisotopic (exact) mass is 303 g/mol. The molecule has 0 saturated carbocycles. The van der Waals surface area contributed by atoms with E-state index in [1.807, 2.05) is 6.92 Å². The van der Waals surface area contributed by atoms with Gasteiger partial charge in [0.2, 0.25) is 5.13 Å². The summed E-state index contributed by atoms with van der Waals surface area (Å²) in [6, 6.07) is 3.59. The van der Waals surface area contributed by atoms with Gasteiger partial charge in [-0.2, -0.15) is 0 Å². The molecule has 2 aromatic rings. The summed E-state index contributed by atoms with van der Waals surface area (Å²) >= 11 is 1.41. The minimum atomic E-state index is -0.177. The molecule has 1 fully saturated rings. The van der Waals surface area contributed by atoms with Gasteiger partial charge in [0.05, 0.1) is 5.56 Å². The van der Waals surface area contributed by atoms with Gasteiger partial charge in [-0.1, -0.05) is 18.3 Å². The van der Waals surface area contributed by atoms with Crippen molar-refractivity contribution in [1.29, 1.82) is 0 Å². The number of nitrogens with one attached hydrogen (secondary N) is 1. The van der Waals surface area contributed by atoms with Crippen LogP contribution in [0.3, 0.4) is 0 Å². The molecule has 6 nitrogen and oxygen atoms in total. The molecule has 2 aromatic heterocycles. The van der Waals surface area contributed by atoms with E-state index in [4.69, 9.17) is 0 Å². The highest BCUT2D eigenvalue weighted by Gasteiger charge is 2.21. The minimum Gasteiger partial charge on any atom is -0.356 e. The van der Waals surface area contributed by atoms with Gasteiger partial charge in [0, 0.05) is 19.3 Å². The zero-order valence-electron chi connectivity index (χ0n) is 11.9. The van der Waals surface area contributed by atoms with Gasteiger partial charge < -0.3 is 4.90 Å². The van der Waals surface area contributed by atoms with E-state index in [0.717, 1.165) is 43.2 Å². The molecule has 0 bridgehead atoms. The lowest BCUT2D eigenvalue weighted by atomic mass is 10.2. The van der Waals surface area contributed by atoms with Crippen LogP contribution in [-0.4, -0.2) is 34.2 Å². The zero-order chi connectivity index (χ0) is 14.7. The molecular weight excluding hydrogens is 286 g/mol. The van der Waals surface area contributed by atoms with Crippen LogP contribution in [0.5, 0.6) is 0 Å². The molecule has 1 aliphatic rings. The van der Waals surface area contributed by atoms with E-state index in [1.165, 1.54) is 11.3 Å². The van der Waals surface area contributed by atoms with Crippen LogP contribution in [0, 0.1) is 0 Å². The number of hydrogen-bond acceptors (Lipinski definition) is 6. The first-order chi connectivity index (χ1) is 10.3. The maximum atomic E-state index is 12.5. The third kappa shape index (κ3) is 3.02. The highest BCUT2D eigenvalue weighted by molar-refractivity contribution is 7.15. The summed E-state index contributed by atoms with van der Waals surface area (Å²) in [5.41, 5.74) is 0.590. The number of aromatic nitrogens is 3. The van der Waals surface area contributed by atoms with Crippen molar-refractivity contribution in [2.24, 2.45) is 0 Å². The Morgan fingerprint density at radius 2 is 2.19 bits per heavy atom. The number of anilines is 2. The number of pyridine rings is 1. The number of carbonyl (C=O) groups excluding carboxylic acids is 1. The lowest BCUT2D eigenvalue weighted by Gasteiger charge is -2.18. The Bertz CT molecular complexity index is 636. The Balaban J connectivity index is 1.80. The maximum absolute atomic E-state index is 12.5. The molecule has 0 unspecified atom stereocenters. The second-order valence-corrected chi connectivity index (χ2v) is 5.94. The van der Waals surface area contributed by atoms with Crippen LogP contribution in [0.25, 0.3) is 0 Å². The zero-order valence-corrected chi connectivity index (χ0v) is 12.7. The third-order valence-corrected chi connectivity index (χ3v) is 4.41. The van der Waals surface area contributed by atoms with Crippen LogP contribution >= 0.6 is 11.3 Å². The highest BCUT2D eigenvalue weighted by atomic mass is 32.1. The normalized spacial score (nSPS) is 14.4. The molecule has 0 radical (unpaired) electrons. The molecule has 0 spiro atoms. The molecule has 0 aromatic carbocycles. The first kappa shape index (κ1) is 13.9. The predicted octanol–water partition coefficient (Wildman–Crippen LogP) is 2.35. The molecule has 1 amide bonds.